The van der Waals surface area contributed by atoms with Crippen LogP contribution in [-0.2, 0) is 0 Å². The number of nitrogens with zero attached hydrogens (tertiary/aromatic N) is 5. The van der Waals surface area contributed by atoms with Gasteiger partial charge in [-0.05, 0) is 70.8 Å². The summed E-state index contributed by atoms with van der Waals surface area (Å²) >= 11 is 0. The third kappa shape index (κ3) is 6.16. The molecule has 6 nitrogen and oxygen atoms in total. The zero-order chi connectivity index (χ0) is 45.4. The van der Waals surface area contributed by atoms with Crippen molar-refractivity contribution in [3.63, 3.8) is 0 Å². The van der Waals surface area contributed by atoms with Crippen LogP contribution < -0.4 is 0 Å². The maximum atomic E-state index is 7.45. The van der Waals surface area contributed by atoms with E-state index in [1.807, 2.05) is 30.3 Å². The molecule has 0 amide bonds. The fraction of sp³-hybridized carbons (Fsp3) is 0. The molecule has 0 atom stereocenters. The van der Waals surface area contributed by atoms with E-state index in [1.165, 1.54) is 10.9 Å². The van der Waals surface area contributed by atoms with Crippen LogP contribution in [0, 0.1) is 0 Å². The van der Waals surface area contributed by atoms with Crippen molar-refractivity contribution in [1.82, 2.24) is 24.1 Å². The van der Waals surface area contributed by atoms with Crippen LogP contribution in [0.4, 0.5) is 0 Å². The Morgan fingerprint density at radius 3 is 1.42 bits per heavy atom. The van der Waals surface area contributed by atoms with Gasteiger partial charge < -0.3 is 13.6 Å². The predicted molar refractivity (Wildman–Crippen MR) is 283 cm³/mol. The first kappa shape index (κ1) is 38.8. The van der Waals surface area contributed by atoms with E-state index in [9.17, 15) is 0 Å². The number of fused-ring (bicyclic) bond motifs is 11. The predicted octanol–water partition coefficient (Wildman–Crippen LogP) is 16.3. The summed E-state index contributed by atoms with van der Waals surface area (Å²) in [5.74, 6) is 1.77. The molecule has 6 heteroatoms. The standard InChI is InChI=1S/C63H39N5O/c1-4-19-40(20-5-1)43-25-18-26-44(39-43)67-54-32-15-12-28-46(54)48-35-37-50-51-38-36-49-47-29-13-16-33-55(47)68(58(49)60(51)69-59(50)57(48)67)56-34-17-14-31-53(56)63-65-61(42-23-8-3-9-24-42)64-62(66-63)52-30-11-10-27-45(52)41-21-6-2-7-22-41/h1-39H. The normalized spacial score (nSPS) is 11.8. The summed E-state index contributed by atoms with van der Waals surface area (Å²) < 4.78 is 12.2. The van der Waals surface area contributed by atoms with Crippen LogP contribution in [-0.4, -0.2) is 24.1 Å². The Kier molecular flexibility index (Phi) is 8.79. The SMILES string of the molecule is c1ccc(-c2cccc(-n3c4ccccc4c4ccc5c6ccc7c8ccccc8n(-c8ccccc8-c8nc(-c9ccccc9)nc(-c9ccccc9-c9ccccc9)n8)c7c6oc5c43)c2)cc1. The highest BCUT2D eigenvalue weighted by molar-refractivity contribution is 6.26. The number of hydrogen-bond acceptors (Lipinski definition) is 4. The Balaban J connectivity index is 1.04. The monoisotopic (exact) mass is 881 g/mol. The molecule has 4 aromatic heterocycles. The second kappa shape index (κ2) is 15.6. The molecule has 14 rings (SSSR count). The molecule has 0 bridgehead atoms. The third-order valence-electron chi connectivity index (χ3n) is 13.6. The lowest BCUT2D eigenvalue weighted by Gasteiger charge is -2.15. The van der Waals surface area contributed by atoms with Crippen molar-refractivity contribution in [2.24, 2.45) is 0 Å². The fourth-order valence-corrected chi connectivity index (χ4v) is 10.5. The molecular weight excluding hydrogens is 843 g/mol. The number of rotatable bonds is 7. The van der Waals surface area contributed by atoms with Gasteiger partial charge >= 0.3 is 0 Å². The van der Waals surface area contributed by atoms with Gasteiger partial charge in [-0.3, -0.25) is 0 Å². The second-order valence-electron chi connectivity index (χ2n) is 17.5. The Labute approximate surface area is 396 Å². The number of aromatic nitrogens is 5. The zero-order valence-corrected chi connectivity index (χ0v) is 37.2. The molecule has 0 unspecified atom stereocenters. The molecule has 0 aliphatic rings. The topological polar surface area (TPSA) is 61.7 Å². The van der Waals surface area contributed by atoms with E-state index in [-0.39, 0.29) is 0 Å². The van der Waals surface area contributed by atoms with Crippen LogP contribution in [0.3, 0.4) is 0 Å². The van der Waals surface area contributed by atoms with Crippen molar-refractivity contribution < 1.29 is 4.42 Å². The van der Waals surface area contributed by atoms with Crippen molar-refractivity contribution >= 4 is 65.6 Å². The van der Waals surface area contributed by atoms with Gasteiger partial charge in [0.15, 0.2) is 28.6 Å². The lowest BCUT2D eigenvalue weighted by molar-refractivity contribution is 0.673. The molecule has 0 saturated carbocycles. The summed E-state index contributed by atoms with van der Waals surface area (Å²) in [6.07, 6.45) is 0. The van der Waals surface area contributed by atoms with Crippen LogP contribution in [0.5, 0.6) is 0 Å². The van der Waals surface area contributed by atoms with E-state index in [4.69, 9.17) is 19.4 Å². The van der Waals surface area contributed by atoms with E-state index >= 15 is 0 Å². The number of para-hydroxylation sites is 3. The molecule has 69 heavy (non-hydrogen) atoms. The highest BCUT2D eigenvalue weighted by Gasteiger charge is 2.25. The molecule has 0 saturated heterocycles. The summed E-state index contributed by atoms with van der Waals surface area (Å²) in [6, 6.07) is 83.1. The molecule has 0 radical (unpaired) electrons. The molecule has 0 fully saturated rings. The number of benzene rings is 10. The fourth-order valence-electron chi connectivity index (χ4n) is 10.5. The van der Waals surface area contributed by atoms with Crippen molar-refractivity contribution in [3.8, 4) is 67.8 Å². The third-order valence-corrected chi connectivity index (χ3v) is 13.6. The molecule has 322 valence electrons. The van der Waals surface area contributed by atoms with Crippen LogP contribution in [0.1, 0.15) is 0 Å². The lowest BCUT2D eigenvalue weighted by atomic mass is 9.99. The Bertz CT molecular complexity index is 4300. The van der Waals surface area contributed by atoms with E-state index in [1.54, 1.807) is 0 Å². The van der Waals surface area contributed by atoms with Crippen molar-refractivity contribution in [2.45, 2.75) is 0 Å². The summed E-state index contributed by atoms with van der Waals surface area (Å²) in [5.41, 5.74) is 15.0. The molecule has 0 aliphatic heterocycles. The largest absolute Gasteiger partial charge is 0.452 e. The van der Waals surface area contributed by atoms with Gasteiger partial charge in [0, 0.05) is 54.7 Å². The summed E-state index contributed by atoms with van der Waals surface area (Å²) in [5, 5.41) is 6.63. The zero-order valence-electron chi connectivity index (χ0n) is 37.2. The Morgan fingerprint density at radius 2 is 0.754 bits per heavy atom. The summed E-state index contributed by atoms with van der Waals surface area (Å²) in [4.78, 5) is 15.8. The first-order chi connectivity index (χ1) is 34.2. The maximum absolute atomic E-state index is 7.45. The van der Waals surface area contributed by atoms with Gasteiger partial charge in [0.05, 0.1) is 27.8 Å². The lowest BCUT2D eigenvalue weighted by Crippen LogP contribution is -2.04. The van der Waals surface area contributed by atoms with Crippen molar-refractivity contribution in [1.29, 1.82) is 0 Å². The van der Waals surface area contributed by atoms with Crippen molar-refractivity contribution in [3.05, 3.63) is 237 Å². The van der Waals surface area contributed by atoms with Gasteiger partial charge in [0.25, 0.3) is 0 Å². The van der Waals surface area contributed by atoms with Gasteiger partial charge in [-0.15, -0.1) is 0 Å². The van der Waals surface area contributed by atoms with E-state index < -0.39 is 0 Å². The van der Waals surface area contributed by atoms with Gasteiger partial charge in [0.1, 0.15) is 0 Å². The van der Waals surface area contributed by atoms with Gasteiger partial charge in [-0.1, -0.05) is 188 Å². The smallest absolute Gasteiger partial charge is 0.166 e. The minimum atomic E-state index is 0.573. The average molecular weight is 882 g/mol. The molecule has 0 spiro atoms. The molecular formula is C63H39N5O. The quantitative estimate of drug-likeness (QED) is 0.160. The second-order valence-corrected chi connectivity index (χ2v) is 17.5. The van der Waals surface area contributed by atoms with Crippen molar-refractivity contribution in [2.75, 3.05) is 0 Å². The maximum Gasteiger partial charge on any atom is 0.166 e. The Morgan fingerprint density at radius 1 is 0.290 bits per heavy atom. The molecule has 0 aliphatic carbocycles. The van der Waals surface area contributed by atoms with Crippen LogP contribution in [0.15, 0.2) is 241 Å². The summed E-state index contributed by atoms with van der Waals surface area (Å²) in [7, 11) is 0. The minimum Gasteiger partial charge on any atom is -0.452 e. The van der Waals surface area contributed by atoms with Gasteiger partial charge in [0.2, 0.25) is 0 Å². The van der Waals surface area contributed by atoms with E-state index in [0.717, 1.165) is 105 Å². The Hall–Kier alpha value is -9.39. The van der Waals surface area contributed by atoms with E-state index in [2.05, 4.69) is 215 Å². The minimum absolute atomic E-state index is 0.573. The van der Waals surface area contributed by atoms with Gasteiger partial charge in [-0.2, -0.15) is 0 Å². The molecule has 14 aromatic rings. The number of furan rings is 1. The number of hydrogen-bond donors (Lipinski definition) is 0. The van der Waals surface area contributed by atoms with Gasteiger partial charge in [-0.25, -0.2) is 15.0 Å². The molecule has 10 aromatic carbocycles. The van der Waals surface area contributed by atoms with Crippen LogP contribution in [0.25, 0.3) is 133 Å². The van der Waals surface area contributed by atoms with Crippen LogP contribution in [0.2, 0.25) is 0 Å². The summed E-state index contributed by atoms with van der Waals surface area (Å²) in [6.45, 7) is 0. The van der Waals surface area contributed by atoms with E-state index in [0.29, 0.717) is 17.5 Å². The highest BCUT2D eigenvalue weighted by atomic mass is 16.3. The average Bonchev–Trinajstić information content (AvgIpc) is 4.10. The molecule has 0 N–H and O–H groups in total. The first-order valence-corrected chi connectivity index (χ1v) is 23.3. The first-order valence-electron chi connectivity index (χ1n) is 23.3. The molecule has 4 heterocycles. The van der Waals surface area contributed by atoms with Crippen LogP contribution >= 0.6 is 0 Å². The highest BCUT2D eigenvalue weighted by Crippen LogP contribution is 2.45.